The number of thioether (sulfide) groups is 1. The van der Waals surface area contributed by atoms with Crippen LogP contribution in [0.1, 0.15) is 19.3 Å². The summed E-state index contributed by atoms with van der Waals surface area (Å²) in [5.41, 5.74) is 0.160. The molecular weight excluding hydrogens is 210 g/mol. The van der Waals surface area contributed by atoms with Gasteiger partial charge in [-0.25, -0.2) is 0 Å². The van der Waals surface area contributed by atoms with Gasteiger partial charge in [0, 0.05) is 25.3 Å². The zero-order valence-electron chi connectivity index (χ0n) is 9.46. The van der Waals surface area contributed by atoms with Crippen molar-refractivity contribution in [3.05, 3.63) is 0 Å². The topological polar surface area (TPSA) is 30.5 Å². The van der Waals surface area contributed by atoms with Crippen LogP contribution in [0.25, 0.3) is 0 Å². The molecule has 2 aliphatic rings. The van der Waals surface area contributed by atoms with Crippen molar-refractivity contribution in [2.75, 3.05) is 38.3 Å². The Morgan fingerprint density at radius 1 is 1.60 bits per heavy atom. The second-order valence-electron chi connectivity index (χ2n) is 4.42. The average Bonchev–Trinajstić information content (AvgIpc) is 2.67. The molecule has 2 fully saturated rings. The quantitative estimate of drug-likeness (QED) is 0.738. The minimum absolute atomic E-state index is 0.160. The van der Waals surface area contributed by atoms with Crippen LogP contribution in [0.15, 0.2) is 0 Å². The lowest BCUT2D eigenvalue weighted by Gasteiger charge is -2.37. The van der Waals surface area contributed by atoms with E-state index in [1.165, 1.54) is 17.9 Å². The summed E-state index contributed by atoms with van der Waals surface area (Å²) in [6.45, 7) is 2.65. The molecule has 0 aromatic rings. The minimum Gasteiger partial charge on any atom is -0.377 e. The molecule has 88 valence electrons. The third-order valence-corrected chi connectivity index (χ3v) is 4.44. The van der Waals surface area contributed by atoms with E-state index >= 15 is 0 Å². The van der Waals surface area contributed by atoms with Gasteiger partial charge in [0.1, 0.15) is 0 Å². The van der Waals surface area contributed by atoms with E-state index in [0.717, 1.165) is 32.6 Å². The van der Waals surface area contributed by atoms with Crippen molar-refractivity contribution in [1.29, 1.82) is 0 Å². The van der Waals surface area contributed by atoms with E-state index in [1.807, 2.05) is 18.8 Å². The molecule has 2 saturated heterocycles. The van der Waals surface area contributed by atoms with Crippen LogP contribution in [0.3, 0.4) is 0 Å². The molecule has 2 aliphatic heterocycles. The van der Waals surface area contributed by atoms with Crippen molar-refractivity contribution < 1.29 is 9.47 Å². The first-order valence-electron chi connectivity index (χ1n) is 5.83. The molecule has 0 saturated carbocycles. The highest BCUT2D eigenvalue weighted by molar-refractivity contribution is 7.99. The van der Waals surface area contributed by atoms with Crippen LogP contribution in [0.2, 0.25) is 0 Å². The van der Waals surface area contributed by atoms with Crippen molar-refractivity contribution in [2.45, 2.75) is 31.0 Å². The van der Waals surface area contributed by atoms with E-state index in [4.69, 9.17) is 9.47 Å². The van der Waals surface area contributed by atoms with Crippen molar-refractivity contribution in [3.63, 3.8) is 0 Å². The molecule has 1 spiro atoms. The monoisotopic (exact) mass is 231 g/mol. The van der Waals surface area contributed by atoms with Gasteiger partial charge in [0.15, 0.2) is 0 Å². The van der Waals surface area contributed by atoms with Crippen LogP contribution in [0, 0.1) is 0 Å². The molecule has 2 unspecified atom stereocenters. The van der Waals surface area contributed by atoms with Crippen LogP contribution in [0.5, 0.6) is 0 Å². The number of hydrogen-bond acceptors (Lipinski definition) is 4. The molecule has 15 heavy (non-hydrogen) atoms. The van der Waals surface area contributed by atoms with Gasteiger partial charge in [-0.15, -0.1) is 0 Å². The highest BCUT2D eigenvalue weighted by atomic mass is 32.2. The Kier molecular flexibility index (Phi) is 4.31. The van der Waals surface area contributed by atoms with Gasteiger partial charge in [0.2, 0.25) is 0 Å². The maximum absolute atomic E-state index is 5.95. The number of rotatable bonds is 4. The van der Waals surface area contributed by atoms with Gasteiger partial charge in [-0.3, -0.25) is 0 Å². The van der Waals surface area contributed by atoms with E-state index in [9.17, 15) is 0 Å². The fourth-order valence-corrected chi connectivity index (χ4v) is 3.69. The molecule has 3 nitrogen and oxygen atoms in total. The van der Waals surface area contributed by atoms with Gasteiger partial charge in [-0.2, -0.15) is 11.8 Å². The molecule has 4 heteroatoms. The maximum Gasteiger partial charge on any atom is 0.0805 e. The van der Waals surface area contributed by atoms with E-state index in [2.05, 4.69) is 5.32 Å². The molecule has 0 aromatic heterocycles. The van der Waals surface area contributed by atoms with Crippen molar-refractivity contribution in [3.8, 4) is 0 Å². The fraction of sp³-hybridized carbons (Fsp3) is 1.00. The second-order valence-corrected chi connectivity index (χ2v) is 5.53. The molecule has 2 atom stereocenters. The summed E-state index contributed by atoms with van der Waals surface area (Å²) in [4.78, 5) is 0. The first kappa shape index (κ1) is 11.7. The molecule has 0 radical (unpaired) electrons. The van der Waals surface area contributed by atoms with E-state index in [1.54, 1.807) is 0 Å². The molecule has 2 rings (SSSR count). The number of nitrogens with one attached hydrogen (secondary N) is 1. The largest absolute Gasteiger partial charge is 0.377 e. The van der Waals surface area contributed by atoms with Gasteiger partial charge < -0.3 is 14.8 Å². The molecule has 0 amide bonds. The summed E-state index contributed by atoms with van der Waals surface area (Å²) in [5.74, 6) is 2.42. The summed E-state index contributed by atoms with van der Waals surface area (Å²) < 4.78 is 11.8. The normalized spacial score (nSPS) is 36.2. The van der Waals surface area contributed by atoms with Crippen LogP contribution >= 0.6 is 11.8 Å². The highest BCUT2D eigenvalue weighted by Gasteiger charge is 2.40. The lowest BCUT2D eigenvalue weighted by Crippen LogP contribution is -2.43. The molecule has 0 aromatic carbocycles. The predicted octanol–water partition coefficient (Wildman–Crippen LogP) is 1.28. The van der Waals surface area contributed by atoms with E-state index in [-0.39, 0.29) is 5.60 Å². The zero-order chi connectivity index (χ0) is 10.6. The van der Waals surface area contributed by atoms with Crippen LogP contribution < -0.4 is 5.32 Å². The average molecular weight is 231 g/mol. The van der Waals surface area contributed by atoms with E-state index in [0.29, 0.717) is 6.10 Å². The van der Waals surface area contributed by atoms with Crippen LogP contribution in [0.4, 0.5) is 0 Å². The summed E-state index contributed by atoms with van der Waals surface area (Å²) in [6.07, 6.45) is 3.80. The standard InChI is InChI=1S/C11H21NO2S/c1-12-4-6-13-10-2-5-14-11(8-10)3-7-15-9-11/h10,12H,2-9H2,1H3. The zero-order valence-corrected chi connectivity index (χ0v) is 10.3. The molecule has 1 N–H and O–H groups in total. The maximum atomic E-state index is 5.95. The Bertz CT molecular complexity index is 195. The minimum atomic E-state index is 0.160. The third-order valence-electron chi connectivity index (χ3n) is 3.22. The molecule has 2 heterocycles. The molecule has 0 aliphatic carbocycles. The Balaban J connectivity index is 1.76. The molecule has 0 bridgehead atoms. The van der Waals surface area contributed by atoms with Gasteiger partial charge in [0.25, 0.3) is 0 Å². The summed E-state index contributed by atoms with van der Waals surface area (Å²) >= 11 is 2.02. The van der Waals surface area contributed by atoms with Crippen LogP contribution in [-0.4, -0.2) is 50.0 Å². The fourth-order valence-electron chi connectivity index (χ4n) is 2.32. The first-order valence-corrected chi connectivity index (χ1v) is 6.98. The molecular formula is C11H21NO2S. The Morgan fingerprint density at radius 2 is 2.53 bits per heavy atom. The number of hydrogen-bond donors (Lipinski definition) is 1. The summed E-state index contributed by atoms with van der Waals surface area (Å²) in [7, 11) is 1.96. The smallest absolute Gasteiger partial charge is 0.0805 e. The van der Waals surface area contributed by atoms with Crippen molar-refractivity contribution in [2.24, 2.45) is 0 Å². The lowest BCUT2D eigenvalue weighted by atomic mass is 9.91. The third kappa shape index (κ3) is 3.09. The van der Waals surface area contributed by atoms with Crippen molar-refractivity contribution in [1.82, 2.24) is 5.32 Å². The number of ether oxygens (including phenoxy) is 2. The van der Waals surface area contributed by atoms with Gasteiger partial charge in [-0.1, -0.05) is 0 Å². The Labute approximate surface area is 96.3 Å². The van der Waals surface area contributed by atoms with Gasteiger partial charge in [0.05, 0.1) is 18.3 Å². The summed E-state index contributed by atoms with van der Waals surface area (Å²) in [6, 6.07) is 0. The lowest BCUT2D eigenvalue weighted by molar-refractivity contribution is -0.120. The van der Waals surface area contributed by atoms with Gasteiger partial charge >= 0.3 is 0 Å². The Morgan fingerprint density at radius 3 is 3.27 bits per heavy atom. The number of likely N-dealkylation sites (N-methyl/N-ethyl adjacent to an activating group) is 1. The van der Waals surface area contributed by atoms with E-state index < -0.39 is 0 Å². The van der Waals surface area contributed by atoms with Crippen molar-refractivity contribution >= 4 is 11.8 Å². The second kappa shape index (κ2) is 5.53. The highest BCUT2D eigenvalue weighted by Crippen LogP contribution is 2.38. The van der Waals surface area contributed by atoms with Gasteiger partial charge in [-0.05, 0) is 25.6 Å². The SMILES string of the molecule is CNCCOC1CCOC2(CCSC2)C1. The predicted molar refractivity (Wildman–Crippen MR) is 63.5 cm³/mol. The van der Waals surface area contributed by atoms with Crippen LogP contribution in [-0.2, 0) is 9.47 Å². The summed E-state index contributed by atoms with van der Waals surface area (Å²) in [5, 5.41) is 3.11. The first-order chi connectivity index (χ1) is 7.35. The Hall–Kier alpha value is 0.230.